The zero-order valence-corrected chi connectivity index (χ0v) is 20.1. The van der Waals surface area contributed by atoms with Crippen LogP contribution in [-0.4, -0.2) is 33.6 Å². The lowest BCUT2D eigenvalue weighted by molar-refractivity contribution is -0.121. The van der Waals surface area contributed by atoms with Crippen molar-refractivity contribution in [3.05, 3.63) is 16.0 Å². The number of ether oxygens (including phenoxy) is 1. The first-order valence-corrected chi connectivity index (χ1v) is 11.8. The highest BCUT2D eigenvalue weighted by Crippen LogP contribution is 2.38. The third-order valence-electron chi connectivity index (χ3n) is 4.26. The van der Waals surface area contributed by atoms with Gasteiger partial charge in [-0.1, -0.05) is 41.7 Å². The van der Waals surface area contributed by atoms with E-state index in [-0.39, 0.29) is 23.6 Å². The Kier molecular flexibility index (Phi) is 9.28. The average Bonchev–Trinajstić information content (AvgIpc) is 2.98. The van der Waals surface area contributed by atoms with Gasteiger partial charge in [-0.25, -0.2) is 4.79 Å². The number of esters is 1. The number of carbonyl (C=O) groups is 2. The number of anilines is 1. The number of aryl methyl sites for hydroxylation is 1. The quantitative estimate of drug-likeness (QED) is 0.218. The zero-order chi connectivity index (χ0) is 21.6. The molecule has 0 aromatic carbocycles. The number of thiocarbonyl (C=S) groups is 1. The molecule has 11 heteroatoms. The van der Waals surface area contributed by atoms with Crippen LogP contribution < -0.4 is 16.0 Å². The minimum absolute atomic E-state index is 0.127. The first-order chi connectivity index (χ1) is 13.7. The third-order valence-corrected chi connectivity index (χ3v) is 6.34. The molecular weight excluding hydrogens is 477 g/mol. The molecule has 0 spiro atoms. The number of hydrogen-bond acceptors (Lipinski definition) is 5. The molecule has 1 aromatic heterocycles. The molecule has 0 saturated heterocycles. The fourth-order valence-electron chi connectivity index (χ4n) is 3.00. The van der Waals surface area contributed by atoms with Gasteiger partial charge in [0.15, 0.2) is 5.11 Å². The normalized spacial score (nSPS) is 14.5. The van der Waals surface area contributed by atoms with E-state index in [0.29, 0.717) is 23.4 Å². The topological polar surface area (TPSA) is 79.5 Å². The van der Waals surface area contributed by atoms with Crippen molar-refractivity contribution in [1.82, 2.24) is 10.6 Å². The molecule has 1 atom stereocenters. The van der Waals surface area contributed by atoms with Crippen molar-refractivity contribution in [2.45, 2.75) is 62.3 Å². The summed E-state index contributed by atoms with van der Waals surface area (Å²) in [6.07, 6.45) is 3.76. The molecule has 0 aliphatic heterocycles. The van der Waals surface area contributed by atoms with Gasteiger partial charge in [-0.3, -0.25) is 4.79 Å². The van der Waals surface area contributed by atoms with Crippen LogP contribution >= 0.6 is 58.4 Å². The molecular formula is C18H24Cl3N3O3S2. The van der Waals surface area contributed by atoms with Gasteiger partial charge in [-0.05, 0) is 56.8 Å². The molecule has 0 bridgehead atoms. The molecule has 6 nitrogen and oxygen atoms in total. The van der Waals surface area contributed by atoms with E-state index in [2.05, 4.69) is 16.0 Å². The number of rotatable bonds is 7. The number of halogens is 3. The molecule has 1 amide bonds. The van der Waals surface area contributed by atoms with E-state index >= 15 is 0 Å². The minimum atomic E-state index is -1.83. The van der Waals surface area contributed by atoms with Crippen molar-refractivity contribution in [1.29, 1.82) is 0 Å². The van der Waals surface area contributed by atoms with Crippen LogP contribution in [-0.2, 0) is 22.4 Å². The van der Waals surface area contributed by atoms with Crippen molar-refractivity contribution in [3.8, 4) is 0 Å². The van der Waals surface area contributed by atoms with E-state index in [1.165, 1.54) is 11.3 Å². The summed E-state index contributed by atoms with van der Waals surface area (Å²) in [5, 5.41) is 9.19. The molecule has 0 unspecified atom stereocenters. The second kappa shape index (κ2) is 11.0. The van der Waals surface area contributed by atoms with Gasteiger partial charge < -0.3 is 20.7 Å². The SMILES string of the molecule is CCCC(=O)N[C@@H](NC(=S)Nc1sc2c(c1C(=O)OCC)CCCC2)C(Cl)(Cl)Cl. The van der Waals surface area contributed by atoms with Crippen molar-refractivity contribution in [3.63, 3.8) is 0 Å². The van der Waals surface area contributed by atoms with Crippen LogP contribution in [0.3, 0.4) is 0 Å². The van der Waals surface area contributed by atoms with Gasteiger partial charge in [0.25, 0.3) is 0 Å². The maximum absolute atomic E-state index is 12.5. The van der Waals surface area contributed by atoms with Crippen LogP contribution in [0.2, 0.25) is 0 Å². The van der Waals surface area contributed by atoms with E-state index in [9.17, 15) is 9.59 Å². The predicted octanol–water partition coefficient (Wildman–Crippen LogP) is 4.70. The van der Waals surface area contributed by atoms with E-state index < -0.39 is 9.96 Å². The highest BCUT2D eigenvalue weighted by Gasteiger charge is 2.35. The van der Waals surface area contributed by atoms with Crippen LogP contribution in [0.25, 0.3) is 0 Å². The molecule has 1 heterocycles. The molecule has 162 valence electrons. The maximum Gasteiger partial charge on any atom is 0.341 e. The molecule has 0 fully saturated rings. The molecule has 1 aromatic rings. The van der Waals surface area contributed by atoms with Crippen molar-refractivity contribution < 1.29 is 14.3 Å². The smallest absolute Gasteiger partial charge is 0.341 e. The lowest BCUT2D eigenvalue weighted by Crippen LogP contribution is -2.56. The fourth-order valence-corrected chi connectivity index (χ4v) is 4.90. The average molecular weight is 501 g/mol. The van der Waals surface area contributed by atoms with Gasteiger partial charge in [0.05, 0.1) is 12.2 Å². The lowest BCUT2D eigenvalue weighted by atomic mass is 9.95. The zero-order valence-electron chi connectivity index (χ0n) is 16.2. The second-order valence-corrected chi connectivity index (χ2v) is 10.4. The van der Waals surface area contributed by atoms with E-state index in [0.717, 1.165) is 36.1 Å². The molecule has 0 saturated carbocycles. The van der Waals surface area contributed by atoms with Crippen molar-refractivity contribution >= 4 is 80.3 Å². The first kappa shape index (κ1) is 24.5. The Labute approximate surface area is 195 Å². The number of carbonyl (C=O) groups excluding carboxylic acids is 2. The van der Waals surface area contributed by atoms with Crippen LogP contribution in [0.5, 0.6) is 0 Å². The summed E-state index contributed by atoms with van der Waals surface area (Å²) in [5.41, 5.74) is 1.52. The monoisotopic (exact) mass is 499 g/mol. The number of fused-ring (bicyclic) bond motifs is 1. The Balaban J connectivity index is 2.19. The van der Waals surface area contributed by atoms with Gasteiger partial charge in [-0.15, -0.1) is 11.3 Å². The Morgan fingerprint density at radius 1 is 1.21 bits per heavy atom. The second-order valence-electron chi connectivity index (χ2n) is 6.53. The summed E-state index contributed by atoms with van der Waals surface area (Å²) >= 11 is 24.8. The van der Waals surface area contributed by atoms with Crippen LogP contribution in [0.15, 0.2) is 0 Å². The third kappa shape index (κ3) is 6.85. The summed E-state index contributed by atoms with van der Waals surface area (Å²) in [4.78, 5) is 25.6. The summed E-state index contributed by atoms with van der Waals surface area (Å²) in [6.45, 7) is 3.92. The number of nitrogens with one attached hydrogen (secondary N) is 3. The largest absolute Gasteiger partial charge is 0.462 e. The maximum atomic E-state index is 12.5. The minimum Gasteiger partial charge on any atom is -0.462 e. The molecule has 1 aliphatic rings. The molecule has 2 rings (SSSR count). The van der Waals surface area contributed by atoms with Gasteiger partial charge >= 0.3 is 5.97 Å². The van der Waals surface area contributed by atoms with Crippen LogP contribution in [0.4, 0.5) is 5.00 Å². The van der Waals surface area contributed by atoms with Gasteiger partial charge in [-0.2, -0.15) is 0 Å². The Bertz CT molecular complexity index is 766. The highest BCUT2D eigenvalue weighted by molar-refractivity contribution is 7.80. The van der Waals surface area contributed by atoms with Crippen LogP contribution in [0.1, 0.15) is 60.3 Å². The van der Waals surface area contributed by atoms with E-state index in [4.69, 9.17) is 51.8 Å². The molecule has 29 heavy (non-hydrogen) atoms. The Morgan fingerprint density at radius 3 is 2.52 bits per heavy atom. The molecule has 0 radical (unpaired) electrons. The highest BCUT2D eigenvalue weighted by atomic mass is 35.6. The number of hydrogen-bond donors (Lipinski definition) is 3. The summed E-state index contributed by atoms with van der Waals surface area (Å²) in [7, 11) is 0. The van der Waals surface area contributed by atoms with Gasteiger partial charge in [0, 0.05) is 11.3 Å². The van der Waals surface area contributed by atoms with E-state index in [1.807, 2.05) is 6.92 Å². The Hall–Kier alpha value is -0.800. The van der Waals surface area contributed by atoms with Crippen molar-refractivity contribution in [2.75, 3.05) is 11.9 Å². The number of amides is 1. The molecule has 1 aliphatic carbocycles. The van der Waals surface area contributed by atoms with Gasteiger partial charge in [0.2, 0.25) is 9.70 Å². The molecule has 3 N–H and O–H groups in total. The number of alkyl halides is 3. The first-order valence-electron chi connectivity index (χ1n) is 9.42. The standard InChI is InChI=1S/C18H24Cl3N3O3S2/c1-3-7-12(25)22-16(18(19,20)21)24-17(28)23-14-13(15(26)27-4-2)10-8-5-6-9-11(10)29-14/h16H,3-9H2,1-2H3,(H,22,25)(H2,23,24,28)/t16-/m0/s1. The lowest BCUT2D eigenvalue weighted by Gasteiger charge is -2.27. The fraction of sp³-hybridized carbons (Fsp3) is 0.611. The van der Waals surface area contributed by atoms with Crippen LogP contribution in [0, 0.1) is 0 Å². The number of thiophene rings is 1. The Morgan fingerprint density at radius 2 is 1.90 bits per heavy atom. The van der Waals surface area contributed by atoms with Gasteiger partial charge in [0.1, 0.15) is 11.2 Å². The van der Waals surface area contributed by atoms with E-state index in [1.54, 1.807) is 6.92 Å². The predicted molar refractivity (Wildman–Crippen MR) is 123 cm³/mol. The summed E-state index contributed by atoms with van der Waals surface area (Å²) in [6, 6.07) is 0. The summed E-state index contributed by atoms with van der Waals surface area (Å²) in [5.74, 6) is -0.649. The van der Waals surface area contributed by atoms with Crippen molar-refractivity contribution in [2.24, 2.45) is 0 Å². The summed E-state index contributed by atoms with van der Waals surface area (Å²) < 4.78 is 3.41.